The largest absolute Gasteiger partial charge is 0.496 e. The van der Waals surface area contributed by atoms with E-state index in [1.807, 2.05) is 6.08 Å². The molecule has 1 aromatic rings. The van der Waals surface area contributed by atoms with Crippen molar-refractivity contribution in [2.75, 3.05) is 7.11 Å². The number of benzene rings is 1. The summed E-state index contributed by atoms with van der Waals surface area (Å²) in [6, 6.07) is 4.67. The van der Waals surface area contributed by atoms with Crippen LogP contribution in [0.15, 0.2) is 30.4 Å². The van der Waals surface area contributed by atoms with Gasteiger partial charge in [-0.3, -0.25) is 20.4 Å². The number of amides is 2. The Balaban J connectivity index is 1.89. The fourth-order valence-corrected chi connectivity index (χ4v) is 2.36. The summed E-state index contributed by atoms with van der Waals surface area (Å²) in [5, 5.41) is 0.473. The Bertz CT molecular complexity index is 572. The highest BCUT2D eigenvalue weighted by molar-refractivity contribution is 6.30. The summed E-state index contributed by atoms with van der Waals surface area (Å²) in [6.45, 7) is 0. The van der Waals surface area contributed by atoms with Gasteiger partial charge < -0.3 is 4.74 Å². The third-order valence-electron chi connectivity index (χ3n) is 3.28. The van der Waals surface area contributed by atoms with Gasteiger partial charge in [-0.1, -0.05) is 23.8 Å². The topological polar surface area (TPSA) is 67.4 Å². The van der Waals surface area contributed by atoms with Crippen LogP contribution in [0.4, 0.5) is 0 Å². The Morgan fingerprint density at radius 3 is 2.86 bits per heavy atom. The van der Waals surface area contributed by atoms with Crippen molar-refractivity contribution in [2.45, 2.75) is 19.3 Å². The molecule has 5 nitrogen and oxygen atoms in total. The summed E-state index contributed by atoms with van der Waals surface area (Å²) in [7, 11) is 1.45. The molecule has 0 saturated carbocycles. The first-order valence-corrected chi connectivity index (χ1v) is 7.07. The predicted molar refractivity (Wildman–Crippen MR) is 80.1 cm³/mol. The average Bonchev–Trinajstić information content (AvgIpc) is 2.97. The standard InChI is InChI=1S/C15H17ClN2O3/c1-21-13-9-11(16)6-7-12(13)15(20)18-17-14(19)8-10-4-2-3-5-10/h2,4,6-7,9-10H,3,5,8H2,1H3,(H,17,19)(H,18,20). The number of rotatable bonds is 4. The fourth-order valence-electron chi connectivity index (χ4n) is 2.20. The Kier molecular flexibility index (Phi) is 5.22. The lowest BCUT2D eigenvalue weighted by Crippen LogP contribution is -2.42. The molecule has 21 heavy (non-hydrogen) atoms. The molecule has 0 heterocycles. The maximum absolute atomic E-state index is 12.0. The molecule has 1 aliphatic rings. The van der Waals surface area contributed by atoms with Crippen LogP contribution in [0.3, 0.4) is 0 Å². The third-order valence-corrected chi connectivity index (χ3v) is 3.52. The molecule has 0 fully saturated rings. The summed E-state index contributed by atoms with van der Waals surface area (Å²) >= 11 is 5.84. The number of carbonyl (C=O) groups excluding carboxylic acids is 2. The van der Waals surface area contributed by atoms with Gasteiger partial charge in [-0.15, -0.1) is 0 Å². The molecule has 0 bridgehead atoms. The summed E-state index contributed by atoms with van der Waals surface area (Å²) in [5.41, 5.74) is 5.10. The number of halogens is 1. The second kappa shape index (κ2) is 7.13. The number of ether oxygens (including phenoxy) is 1. The second-order valence-corrected chi connectivity index (χ2v) is 5.25. The van der Waals surface area contributed by atoms with Gasteiger partial charge in [-0.05, 0) is 37.0 Å². The van der Waals surface area contributed by atoms with Gasteiger partial charge in [0.2, 0.25) is 5.91 Å². The minimum Gasteiger partial charge on any atom is -0.496 e. The minimum atomic E-state index is -0.446. The Hall–Kier alpha value is -2.01. The Morgan fingerprint density at radius 1 is 1.38 bits per heavy atom. The van der Waals surface area contributed by atoms with Gasteiger partial charge >= 0.3 is 0 Å². The van der Waals surface area contributed by atoms with E-state index in [0.717, 1.165) is 12.8 Å². The van der Waals surface area contributed by atoms with Crippen molar-refractivity contribution < 1.29 is 14.3 Å². The van der Waals surface area contributed by atoms with Gasteiger partial charge in [0.05, 0.1) is 12.7 Å². The van der Waals surface area contributed by atoms with Crippen LogP contribution in [0.25, 0.3) is 0 Å². The van der Waals surface area contributed by atoms with Crippen molar-refractivity contribution in [2.24, 2.45) is 5.92 Å². The first-order valence-electron chi connectivity index (χ1n) is 6.69. The number of nitrogens with one attached hydrogen (secondary N) is 2. The molecular formula is C15H17ClN2O3. The van der Waals surface area contributed by atoms with Crippen LogP contribution in [0.5, 0.6) is 5.75 Å². The molecule has 2 rings (SSSR count). The highest BCUT2D eigenvalue weighted by Gasteiger charge is 2.16. The molecule has 0 saturated heterocycles. The van der Waals surface area contributed by atoms with E-state index in [2.05, 4.69) is 16.9 Å². The van der Waals surface area contributed by atoms with Crippen LogP contribution in [0.2, 0.25) is 5.02 Å². The van der Waals surface area contributed by atoms with E-state index in [1.54, 1.807) is 18.2 Å². The molecule has 2 N–H and O–H groups in total. The van der Waals surface area contributed by atoms with E-state index in [4.69, 9.17) is 16.3 Å². The maximum atomic E-state index is 12.0. The maximum Gasteiger partial charge on any atom is 0.273 e. The lowest BCUT2D eigenvalue weighted by molar-refractivity contribution is -0.122. The van der Waals surface area contributed by atoms with Crippen molar-refractivity contribution in [1.29, 1.82) is 0 Å². The van der Waals surface area contributed by atoms with Crippen LogP contribution in [-0.2, 0) is 4.79 Å². The Labute approximate surface area is 128 Å². The predicted octanol–water partition coefficient (Wildman–Crippen LogP) is 2.47. The van der Waals surface area contributed by atoms with Gasteiger partial charge in [-0.25, -0.2) is 0 Å². The van der Waals surface area contributed by atoms with Crippen LogP contribution < -0.4 is 15.6 Å². The van der Waals surface area contributed by atoms with E-state index < -0.39 is 5.91 Å². The first-order chi connectivity index (χ1) is 10.1. The summed E-state index contributed by atoms with van der Waals surface area (Å²) < 4.78 is 5.09. The Morgan fingerprint density at radius 2 is 2.19 bits per heavy atom. The smallest absolute Gasteiger partial charge is 0.273 e. The molecule has 1 unspecified atom stereocenters. The molecule has 112 valence electrons. The average molecular weight is 309 g/mol. The molecule has 0 aliphatic heterocycles. The van der Waals surface area contributed by atoms with Gasteiger partial charge in [0, 0.05) is 11.4 Å². The molecule has 1 aromatic carbocycles. The number of allylic oxidation sites excluding steroid dienone is 2. The molecule has 2 amide bonds. The summed E-state index contributed by atoms with van der Waals surface area (Å²) in [6.07, 6.45) is 6.45. The van der Waals surface area contributed by atoms with Gasteiger partial charge in [0.1, 0.15) is 5.75 Å². The zero-order valence-corrected chi connectivity index (χ0v) is 12.4. The fraction of sp³-hybridized carbons (Fsp3) is 0.333. The molecule has 0 aromatic heterocycles. The summed E-state index contributed by atoms with van der Waals surface area (Å²) in [5.74, 6) is -0.0494. The van der Waals surface area contributed by atoms with E-state index in [9.17, 15) is 9.59 Å². The van der Waals surface area contributed by atoms with E-state index in [0.29, 0.717) is 22.8 Å². The number of hydrogen-bond donors (Lipinski definition) is 2. The molecule has 0 radical (unpaired) electrons. The molecule has 1 atom stereocenters. The van der Waals surface area contributed by atoms with Crippen molar-refractivity contribution in [1.82, 2.24) is 10.9 Å². The minimum absolute atomic E-state index is 0.215. The van der Waals surface area contributed by atoms with Crippen molar-refractivity contribution in [3.05, 3.63) is 40.9 Å². The number of hydrogen-bond acceptors (Lipinski definition) is 3. The quantitative estimate of drug-likeness (QED) is 0.663. The molecule has 6 heteroatoms. The van der Waals surface area contributed by atoms with Crippen LogP contribution in [0.1, 0.15) is 29.6 Å². The molecule has 1 aliphatic carbocycles. The van der Waals surface area contributed by atoms with Gasteiger partial charge in [0.25, 0.3) is 5.91 Å². The highest BCUT2D eigenvalue weighted by atomic mass is 35.5. The van der Waals surface area contributed by atoms with Gasteiger partial charge in [-0.2, -0.15) is 0 Å². The van der Waals surface area contributed by atoms with E-state index in [1.165, 1.54) is 7.11 Å². The zero-order valence-electron chi connectivity index (χ0n) is 11.7. The SMILES string of the molecule is COc1cc(Cl)ccc1C(=O)NNC(=O)CC1C=CCC1. The van der Waals surface area contributed by atoms with Crippen LogP contribution in [-0.4, -0.2) is 18.9 Å². The van der Waals surface area contributed by atoms with Crippen molar-refractivity contribution in [3.8, 4) is 5.75 Å². The number of carbonyl (C=O) groups is 2. The molecule has 0 spiro atoms. The lowest BCUT2D eigenvalue weighted by Gasteiger charge is -2.12. The summed E-state index contributed by atoms with van der Waals surface area (Å²) in [4.78, 5) is 23.7. The third kappa shape index (κ3) is 4.23. The highest BCUT2D eigenvalue weighted by Crippen LogP contribution is 2.23. The lowest BCUT2D eigenvalue weighted by atomic mass is 10.1. The van der Waals surface area contributed by atoms with E-state index >= 15 is 0 Å². The number of methoxy groups -OCH3 is 1. The second-order valence-electron chi connectivity index (χ2n) is 4.82. The normalized spacial score (nSPS) is 16.6. The van der Waals surface area contributed by atoms with Crippen LogP contribution >= 0.6 is 11.6 Å². The first kappa shape index (κ1) is 15.4. The van der Waals surface area contributed by atoms with Crippen LogP contribution in [0, 0.1) is 5.92 Å². The van der Waals surface area contributed by atoms with E-state index in [-0.39, 0.29) is 11.8 Å². The number of hydrazine groups is 1. The monoisotopic (exact) mass is 308 g/mol. The zero-order chi connectivity index (χ0) is 15.2. The van der Waals surface area contributed by atoms with Crippen molar-refractivity contribution >= 4 is 23.4 Å². The van der Waals surface area contributed by atoms with Crippen molar-refractivity contribution in [3.63, 3.8) is 0 Å². The van der Waals surface area contributed by atoms with Gasteiger partial charge in [0.15, 0.2) is 0 Å². The molecular weight excluding hydrogens is 292 g/mol.